The molecule has 2 saturated heterocycles. The molecule has 0 bridgehead atoms. The summed E-state index contributed by atoms with van der Waals surface area (Å²) in [6.45, 7) is 2.53. The van der Waals surface area contributed by atoms with Gasteiger partial charge in [0.1, 0.15) is 0 Å². The summed E-state index contributed by atoms with van der Waals surface area (Å²) in [5, 5.41) is 5.72. The molecule has 2 aliphatic heterocycles. The smallest absolute Gasteiger partial charge is 0.319 e. The zero-order valence-electron chi connectivity index (χ0n) is 17.6. The van der Waals surface area contributed by atoms with Crippen LogP contribution in [0.5, 0.6) is 0 Å². The van der Waals surface area contributed by atoms with Crippen molar-refractivity contribution in [2.75, 3.05) is 23.3 Å². The number of nitrogens with zero attached hydrogens (tertiary/aromatic N) is 2. The molecule has 4 rings (SSSR count). The van der Waals surface area contributed by atoms with Gasteiger partial charge < -0.3 is 20.4 Å². The average molecular weight is 421 g/mol. The number of amides is 4. The lowest BCUT2D eigenvalue weighted by atomic mass is 10.1. The highest BCUT2D eigenvalue weighted by molar-refractivity contribution is 5.95. The van der Waals surface area contributed by atoms with E-state index in [9.17, 15) is 14.4 Å². The fraction of sp³-hybridized carbons (Fsp3) is 0.375. The van der Waals surface area contributed by atoms with Crippen molar-refractivity contribution >= 4 is 29.2 Å². The zero-order valence-corrected chi connectivity index (χ0v) is 17.6. The number of nitrogens with one attached hydrogen (secondary N) is 2. The van der Waals surface area contributed by atoms with Crippen LogP contribution in [-0.4, -0.2) is 35.8 Å². The van der Waals surface area contributed by atoms with Crippen molar-refractivity contribution in [1.29, 1.82) is 0 Å². The van der Waals surface area contributed by atoms with Crippen LogP contribution in [0.2, 0.25) is 0 Å². The van der Waals surface area contributed by atoms with Crippen molar-refractivity contribution in [3.8, 4) is 0 Å². The van der Waals surface area contributed by atoms with E-state index in [0.717, 1.165) is 42.6 Å². The number of carbonyl (C=O) groups excluding carboxylic acids is 3. The Morgan fingerprint density at radius 2 is 1.68 bits per heavy atom. The van der Waals surface area contributed by atoms with Gasteiger partial charge in [-0.3, -0.25) is 9.59 Å². The molecule has 0 radical (unpaired) electrons. The van der Waals surface area contributed by atoms with Gasteiger partial charge in [0, 0.05) is 50.4 Å². The van der Waals surface area contributed by atoms with Crippen molar-refractivity contribution in [2.45, 2.75) is 45.2 Å². The maximum Gasteiger partial charge on any atom is 0.319 e. The summed E-state index contributed by atoms with van der Waals surface area (Å²) in [4.78, 5) is 40.0. The van der Waals surface area contributed by atoms with E-state index >= 15 is 0 Å². The number of anilines is 2. The summed E-state index contributed by atoms with van der Waals surface area (Å²) in [5.74, 6) is 0.333. The molecule has 2 aromatic carbocycles. The van der Waals surface area contributed by atoms with Crippen LogP contribution in [0.1, 0.15) is 43.2 Å². The van der Waals surface area contributed by atoms with E-state index in [0.29, 0.717) is 38.2 Å². The van der Waals surface area contributed by atoms with Crippen LogP contribution in [0, 0.1) is 0 Å². The van der Waals surface area contributed by atoms with E-state index in [2.05, 4.69) is 10.6 Å². The first-order chi connectivity index (χ1) is 15.1. The highest BCUT2D eigenvalue weighted by Crippen LogP contribution is 2.24. The molecule has 162 valence electrons. The first-order valence-corrected chi connectivity index (χ1v) is 10.9. The summed E-state index contributed by atoms with van der Waals surface area (Å²) in [7, 11) is 0. The summed E-state index contributed by atoms with van der Waals surface area (Å²) in [6.07, 6.45) is 4.06. The summed E-state index contributed by atoms with van der Waals surface area (Å²) in [5.41, 5.74) is 3.50. The van der Waals surface area contributed by atoms with Crippen LogP contribution in [0.4, 0.5) is 16.2 Å². The van der Waals surface area contributed by atoms with Crippen LogP contribution in [0.25, 0.3) is 0 Å². The molecule has 0 spiro atoms. The van der Waals surface area contributed by atoms with Crippen LogP contribution in [0.3, 0.4) is 0 Å². The summed E-state index contributed by atoms with van der Waals surface area (Å²) < 4.78 is 0. The van der Waals surface area contributed by atoms with Crippen LogP contribution in [-0.2, 0) is 22.7 Å². The van der Waals surface area contributed by atoms with E-state index in [4.69, 9.17) is 0 Å². The largest absolute Gasteiger partial charge is 0.338 e. The Morgan fingerprint density at radius 3 is 2.48 bits per heavy atom. The third kappa shape index (κ3) is 5.42. The SMILES string of the molecule is O=C(NCc1cccc(CN2CCCC2=O)c1)Nc1cccc(N2CCCCC2=O)c1. The summed E-state index contributed by atoms with van der Waals surface area (Å²) in [6, 6.07) is 15.0. The van der Waals surface area contributed by atoms with E-state index in [1.807, 2.05) is 53.4 Å². The number of urea groups is 1. The Morgan fingerprint density at radius 1 is 0.871 bits per heavy atom. The molecule has 0 atom stereocenters. The topological polar surface area (TPSA) is 81.8 Å². The highest BCUT2D eigenvalue weighted by Gasteiger charge is 2.21. The Labute approximate surface area is 182 Å². The quantitative estimate of drug-likeness (QED) is 0.748. The number of benzene rings is 2. The minimum Gasteiger partial charge on any atom is -0.338 e. The molecule has 7 heteroatoms. The van der Waals surface area contributed by atoms with Gasteiger partial charge in [0.15, 0.2) is 0 Å². The molecule has 0 aromatic heterocycles. The van der Waals surface area contributed by atoms with Gasteiger partial charge >= 0.3 is 6.03 Å². The first kappa shape index (κ1) is 20.9. The summed E-state index contributed by atoms with van der Waals surface area (Å²) >= 11 is 0. The minimum absolute atomic E-state index is 0.128. The average Bonchev–Trinajstić information content (AvgIpc) is 3.17. The van der Waals surface area contributed by atoms with Gasteiger partial charge in [0.2, 0.25) is 11.8 Å². The zero-order chi connectivity index (χ0) is 21.6. The maximum atomic E-state index is 12.4. The molecule has 4 amide bonds. The number of carbonyl (C=O) groups is 3. The van der Waals surface area contributed by atoms with Crippen LogP contribution < -0.4 is 15.5 Å². The maximum absolute atomic E-state index is 12.4. The van der Waals surface area contributed by atoms with E-state index in [-0.39, 0.29) is 17.8 Å². The fourth-order valence-electron chi connectivity index (χ4n) is 4.12. The second-order valence-electron chi connectivity index (χ2n) is 8.10. The first-order valence-electron chi connectivity index (χ1n) is 10.9. The molecule has 7 nitrogen and oxygen atoms in total. The monoisotopic (exact) mass is 420 g/mol. The van der Waals surface area contributed by atoms with Crippen molar-refractivity contribution in [1.82, 2.24) is 10.2 Å². The normalized spacial score (nSPS) is 16.5. The lowest BCUT2D eigenvalue weighted by Crippen LogP contribution is -2.35. The van der Waals surface area contributed by atoms with E-state index < -0.39 is 0 Å². The molecule has 2 N–H and O–H groups in total. The van der Waals surface area contributed by atoms with Crippen molar-refractivity contribution < 1.29 is 14.4 Å². The molecular weight excluding hydrogens is 392 g/mol. The Bertz CT molecular complexity index is 975. The minimum atomic E-state index is -0.303. The molecule has 0 saturated carbocycles. The number of rotatable bonds is 6. The van der Waals surface area contributed by atoms with Gasteiger partial charge in [-0.15, -0.1) is 0 Å². The van der Waals surface area contributed by atoms with Gasteiger partial charge in [-0.1, -0.05) is 30.3 Å². The van der Waals surface area contributed by atoms with Gasteiger partial charge in [0.05, 0.1) is 0 Å². The molecule has 31 heavy (non-hydrogen) atoms. The van der Waals surface area contributed by atoms with Crippen LogP contribution in [0.15, 0.2) is 48.5 Å². The molecule has 0 unspecified atom stereocenters. The second-order valence-corrected chi connectivity index (χ2v) is 8.10. The van der Waals surface area contributed by atoms with Crippen molar-refractivity contribution in [3.05, 3.63) is 59.7 Å². The number of piperidine rings is 1. The fourth-order valence-corrected chi connectivity index (χ4v) is 4.12. The lowest BCUT2D eigenvalue weighted by Gasteiger charge is -2.27. The Kier molecular flexibility index (Phi) is 6.50. The van der Waals surface area contributed by atoms with Gasteiger partial charge in [-0.25, -0.2) is 4.79 Å². The third-order valence-electron chi connectivity index (χ3n) is 5.73. The molecule has 2 aliphatic rings. The second kappa shape index (κ2) is 9.64. The highest BCUT2D eigenvalue weighted by atomic mass is 16.2. The Balaban J connectivity index is 1.31. The van der Waals surface area contributed by atoms with Gasteiger partial charge in [-0.2, -0.15) is 0 Å². The van der Waals surface area contributed by atoms with Crippen molar-refractivity contribution in [3.63, 3.8) is 0 Å². The molecule has 0 aliphatic carbocycles. The molecule has 2 aromatic rings. The number of hydrogen-bond acceptors (Lipinski definition) is 3. The molecular formula is C24H28N4O3. The van der Waals surface area contributed by atoms with Gasteiger partial charge in [0.25, 0.3) is 0 Å². The lowest BCUT2D eigenvalue weighted by molar-refractivity contribution is -0.128. The van der Waals surface area contributed by atoms with E-state index in [1.165, 1.54) is 0 Å². The van der Waals surface area contributed by atoms with E-state index in [1.54, 1.807) is 4.90 Å². The van der Waals surface area contributed by atoms with Crippen molar-refractivity contribution in [2.24, 2.45) is 0 Å². The number of likely N-dealkylation sites (tertiary alicyclic amines) is 1. The van der Waals surface area contributed by atoms with Crippen LogP contribution >= 0.6 is 0 Å². The third-order valence-corrected chi connectivity index (χ3v) is 5.73. The predicted octanol–water partition coefficient (Wildman–Crippen LogP) is 3.65. The molecule has 2 fully saturated rings. The standard InChI is InChI=1S/C24H28N4O3/c29-22-11-5-12-27(22)17-19-7-3-6-18(14-19)16-25-24(31)26-20-8-4-9-21(15-20)28-13-2-1-10-23(28)30/h3-4,6-9,14-15H,1-2,5,10-13,16-17H2,(H2,25,26,31). The number of hydrogen-bond donors (Lipinski definition) is 2. The predicted molar refractivity (Wildman–Crippen MR) is 120 cm³/mol. The Hall–Kier alpha value is -3.35. The molecule has 2 heterocycles. The van der Waals surface area contributed by atoms with Gasteiger partial charge in [-0.05, 0) is 48.6 Å².